The Kier molecular flexibility index (Phi) is 8.61. The van der Waals surface area contributed by atoms with E-state index in [1.54, 1.807) is 0 Å². The van der Waals surface area contributed by atoms with Crippen LogP contribution in [0.5, 0.6) is 0 Å². The maximum absolute atomic E-state index is 12.9. The number of carbonyl (C=O) groups excluding carboxylic acids is 3. The monoisotopic (exact) mass is 483 g/mol. The van der Waals surface area contributed by atoms with Crippen molar-refractivity contribution in [2.45, 2.75) is 57.3 Å². The second-order valence-corrected chi connectivity index (χ2v) is 11.2. The van der Waals surface area contributed by atoms with Gasteiger partial charge in [0.15, 0.2) is 6.61 Å². The molecule has 1 N–H and O–H groups in total. The van der Waals surface area contributed by atoms with Crippen LogP contribution in [0.25, 0.3) is 0 Å². The number of rotatable bonds is 7. The molecule has 2 unspecified atom stereocenters. The van der Waals surface area contributed by atoms with Crippen molar-refractivity contribution in [2.24, 2.45) is 0 Å². The number of morpholine rings is 1. The van der Waals surface area contributed by atoms with E-state index < -0.39 is 34.0 Å². The Bertz CT molecular complexity index is 961. The van der Waals surface area contributed by atoms with E-state index in [9.17, 15) is 22.8 Å². The van der Waals surface area contributed by atoms with Crippen LogP contribution in [0.2, 0.25) is 0 Å². The van der Waals surface area contributed by atoms with E-state index in [1.807, 2.05) is 34.6 Å². The molecule has 1 fully saturated rings. The number of amides is 2. The fraction of sp³-hybridized carbons (Fsp3) is 0.591. The smallest absolute Gasteiger partial charge is 0.338 e. The molecule has 1 aliphatic rings. The van der Waals surface area contributed by atoms with Crippen LogP contribution in [0.1, 0.15) is 45.0 Å². The van der Waals surface area contributed by atoms with Crippen LogP contribution in [-0.4, -0.2) is 86.4 Å². The van der Waals surface area contributed by atoms with Crippen LogP contribution < -0.4 is 5.32 Å². The van der Waals surface area contributed by atoms with Crippen molar-refractivity contribution >= 4 is 27.8 Å². The number of likely N-dealkylation sites (N-methyl/N-ethyl adjacent to an activating group) is 1. The zero-order valence-corrected chi connectivity index (χ0v) is 20.8. The zero-order chi connectivity index (χ0) is 25.0. The highest BCUT2D eigenvalue weighted by Crippen LogP contribution is 2.21. The molecule has 0 bridgehead atoms. The van der Waals surface area contributed by atoms with E-state index in [1.165, 1.54) is 35.6 Å². The molecular weight excluding hydrogens is 450 g/mol. The number of hydrogen-bond acceptors (Lipinski definition) is 7. The maximum Gasteiger partial charge on any atom is 0.338 e. The predicted octanol–water partition coefficient (Wildman–Crippen LogP) is 1.01. The molecule has 33 heavy (non-hydrogen) atoms. The number of sulfonamides is 1. The molecule has 1 aromatic carbocycles. The van der Waals surface area contributed by atoms with Crippen molar-refractivity contribution in [1.29, 1.82) is 0 Å². The molecule has 184 valence electrons. The molecule has 2 atom stereocenters. The Morgan fingerprint density at radius 1 is 1.12 bits per heavy atom. The number of nitrogens with zero attached hydrogens (tertiary/aromatic N) is 2. The van der Waals surface area contributed by atoms with E-state index in [2.05, 4.69) is 5.32 Å². The Morgan fingerprint density at radius 3 is 2.18 bits per heavy atom. The molecule has 1 aliphatic heterocycles. The third-order valence-electron chi connectivity index (χ3n) is 4.76. The maximum atomic E-state index is 12.9. The number of esters is 1. The molecule has 0 saturated carbocycles. The summed E-state index contributed by atoms with van der Waals surface area (Å²) in [6, 6.07) is 5.35. The summed E-state index contributed by atoms with van der Waals surface area (Å²) in [6.07, 6.45) is -0.430. The Hall–Kier alpha value is -2.50. The number of ether oxygens (including phenoxy) is 2. The van der Waals surface area contributed by atoms with Crippen LogP contribution in [0.15, 0.2) is 29.2 Å². The van der Waals surface area contributed by atoms with Crippen LogP contribution in [0, 0.1) is 0 Å². The first-order chi connectivity index (χ1) is 15.2. The van der Waals surface area contributed by atoms with Crippen LogP contribution in [-0.2, 0) is 29.1 Å². The topological polar surface area (TPSA) is 122 Å². The SMILES string of the molecule is CC1CN(S(=O)(=O)c2ccc(C(=O)OCC(=O)N(C)CC(=O)NC(C)(C)C)cc2)CC(C)O1. The molecule has 0 aromatic heterocycles. The van der Waals surface area contributed by atoms with Gasteiger partial charge in [0.05, 0.1) is 29.2 Å². The highest BCUT2D eigenvalue weighted by atomic mass is 32.2. The lowest BCUT2D eigenvalue weighted by atomic mass is 10.1. The highest BCUT2D eigenvalue weighted by Gasteiger charge is 2.32. The largest absolute Gasteiger partial charge is 0.452 e. The fourth-order valence-electron chi connectivity index (χ4n) is 3.32. The van der Waals surface area contributed by atoms with Crippen molar-refractivity contribution in [1.82, 2.24) is 14.5 Å². The van der Waals surface area contributed by atoms with Gasteiger partial charge in [-0.1, -0.05) is 0 Å². The van der Waals surface area contributed by atoms with Crippen LogP contribution >= 0.6 is 0 Å². The minimum absolute atomic E-state index is 0.0565. The first-order valence-electron chi connectivity index (χ1n) is 10.7. The summed E-state index contributed by atoms with van der Waals surface area (Å²) >= 11 is 0. The van der Waals surface area contributed by atoms with E-state index in [0.717, 1.165) is 4.90 Å². The average molecular weight is 484 g/mol. The van der Waals surface area contributed by atoms with Gasteiger partial charge in [-0.25, -0.2) is 13.2 Å². The molecule has 0 aliphatic carbocycles. The van der Waals surface area contributed by atoms with Crippen molar-refractivity contribution in [3.63, 3.8) is 0 Å². The second-order valence-electron chi connectivity index (χ2n) is 9.23. The lowest BCUT2D eigenvalue weighted by Crippen LogP contribution is -2.48. The summed E-state index contributed by atoms with van der Waals surface area (Å²) in [6.45, 7) is 8.90. The molecule has 10 nitrogen and oxygen atoms in total. The van der Waals surface area contributed by atoms with E-state index in [4.69, 9.17) is 9.47 Å². The van der Waals surface area contributed by atoms with Crippen LogP contribution in [0.3, 0.4) is 0 Å². The second kappa shape index (κ2) is 10.6. The van der Waals surface area contributed by atoms with E-state index in [0.29, 0.717) is 0 Å². The first-order valence-corrected chi connectivity index (χ1v) is 12.1. The van der Waals surface area contributed by atoms with Crippen molar-refractivity contribution < 1.29 is 32.3 Å². The van der Waals surface area contributed by atoms with Gasteiger partial charge in [0.25, 0.3) is 5.91 Å². The van der Waals surface area contributed by atoms with E-state index >= 15 is 0 Å². The standard InChI is InChI=1S/C22H33N3O7S/c1-15-11-25(12-16(2)32-15)33(29,30)18-9-7-17(8-10-18)21(28)31-14-20(27)24(6)13-19(26)23-22(3,4)5/h7-10,15-16H,11-14H2,1-6H3,(H,23,26). The number of nitrogens with one attached hydrogen (secondary N) is 1. The number of hydrogen-bond donors (Lipinski definition) is 1. The van der Waals surface area contributed by atoms with Gasteiger partial charge >= 0.3 is 5.97 Å². The van der Waals surface area contributed by atoms with Gasteiger partial charge in [0.2, 0.25) is 15.9 Å². The van der Waals surface area contributed by atoms with Gasteiger partial charge < -0.3 is 19.7 Å². The predicted molar refractivity (Wildman–Crippen MR) is 121 cm³/mol. The summed E-state index contributed by atoms with van der Waals surface area (Å²) in [5.74, 6) is -1.64. The lowest BCUT2D eigenvalue weighted by Gasteiger charge is -2.34. The molecule has 2 rings (SSSR count). The zero-order valence-electron chi connectivity index (χ0n) is 20.0. The van der Waals surface area contributed by atoms with Gasteiger partial charge in [-0.3, -0.25) is 9.59 Å². The summed E-state index contributed by atoms with van der Waals surface area (Å²) < 4.78 is 37.8. The fourth-order valence-corrected chi connectivity index (χ4v) is 4.91. The molecule has 1 aromatic rings. The van der Waals surface area contributed by atoms with Crippen LogP contribution in [0.4, 0.5) is 0 Å². The van der Waals surface area contributed by atoms with Gasteiger partial charge in [-0.2, -0.15) is 4.31 Å². The summed E-state index contributed by atoms with van der Waals surface area (Å²) in [5.41, 5.74) is -0.315. The van der Waals surface area contributed by atoms with Crippen molar-refractivity contribution in [3.8, 4) is 0 Å². The van der Waals surface area contributed by atoms with Gasteiger partial charge in [0.1, 0.15) is 0 Å². The van der Waals surface area contributed by atoms with Gasteiger partial charge in [0, 0.05) is 25.7 Å². The quantitative estimate of drug-likeness (QED) is 0.575. The molecule has 1 saturated heterocycles. The van der Waals surface area contributed by atoms with Crippen molar-refractivity contribution in [3.05, 3.63) is 29.8 Å². The Labute approximate surface area is 195 Å². The molecule has 2 amide bonds. The number of carbonyl (C=O) groups is 3. The molecule has 1 heterocycles. The minimum Gasteiger partial charge on any atom is -0.452 e. The highest BCUT2D eigenvalue weighted by molar-refractivity contribution is 7.89. The number of benzene rings is 1. The molecular formula is C22H33N3O7S. The lowest BCUT2D eigenvalue weighted by molar-refractivity contribution is -0.137. The Morgan fingerprint density at radius 2 is 1.67 bits per heavy atom. The van der Waals surface area contributed by atoms with Gasteiger partial charge in [-0.05, 0) is 58.9 Å². The normalized spacial score (nSPS) is 19.6. The molecule has 11 heteroatoms. The van der Waals surface area contributed by atoms with Gasteiger partial charge in [-0.15, -0.1) is 0 Å². The summed E-state index contributed by atoms with van der Waals surface area (Å²) in [7, 11) is -2.29. The van der Waals surface area contributed by atoms with Crippen molar-refractivity contribution in [2.75, 3.05) is 33.3 Å². The summed E-state index contributed by atoms with van der Waals surface area (Å²) in [5, 5.41) is 2.74. The first kappa shape index (κ1) is 26.7. The molecule has 0 spiro atoms. The minimum atomic E-state index is -3.73. The third kappa shape index (κ3) is 7.79. The molecule has 0 radical (unpaired) electrons. The third-order valence-corrected chi connectivity index (χ3v) is 6.61. The summed E-state index contributed by atoms with van der Waals surface area (Å²) in [4.78, 5) is 37.6. The van der Waals surface area contributed by atoms with E-state index in [-0.39, 0.29) is 48.2 Å². The Balaban J connectivity index is 1.93. The average Bonchev–Trinajstić information content (AvgIpc) is 2.69.